The number of pyridine rings is 1. The van der Waals surface area contributed by atoms with Crippen molar-refractivity contribution in [3.63, 3.8) is 0 Å². The first-order valence-electron chi connectivity index (χ1n) is 7.12. The van der Waals surface area contributed by atoms with Gasteiger partial charge in [0.1, 0.15) is 0 Å². The Hall–Kier alpha value is -0.930. The van der Waals surface area contributed by atoms with Crippen LogP contribution in [0.5, 0.6) is 0 Å². The van der Waals surface area contributed by atoms with Crippen LogP contribution in [0, 0.1) is 6.92 Å². The molecule has 2 unspecified atom stereocenters. The molecule has 0 aromatic carbocycles. The average Bonchev–Trinajstić information content (AvgIpc) is 2.62. The number of aryl methyl sites for hydroxylation is 1. The lowest BCUT2D eigenvalue weighted by Crippen LogP contribution is -2.47. The highest BCUT2D eigenvalue weighted by Crippen LogP contribution is 2.36. The maximum Gasteiger partial charge on any atom is 0.0547 e. The molecule has 0 spiro atoms. The molecule has 18 heavy (non-hydrogen) atoms. The highest BCUT2D eigenvalue weighted by molar-refractivity contribution is 5.11. The number of piperidine rings is 1. The van der Waals surface area contributed by atoms with Gasteiger partial charge >= 0.3 is 0 Å². The molecule has 2 bridgehead atoms. The Balaban J connectivity index is 1.71. The van der Waals surface area contributed by atoms with Crippen LogP contribution in [0.3, 0.4) is 0 Å². The van der Waals surface area contributed by atoms with Gasteiger partial charge in [-0.15, -0.1) is 0 Å². The summed E-state index contributed by atoms with van der Waals surface area (Å²) < 4.78 is 0. The molecule has 2 aliphatic heterocycles. The van der Waals surface area contributed by atoms with E-state index in [0.29, 0.717) is 0 Å². The Kier molecular flexibility index (Phi) is 3.35. The van der Waals surface area contributed by atoms with Crippen LogP contribution in [0.2, 0.25) is 0 Å². The Morgan fingerprint density at radius 3 is 2.61 bits per heavy atom. The predicted molar refractivity (Wildman–Crippen MR) is 73.4 cm³/mol. The third-order valence-corrected chi connectivity index (χ3v) is 4.58. The van der Waals surface area contributed by atoms with E-state index < -0.39 is 0 Å². The average molecular weight is 245 g/mol. The van der Waals surface area contributed by atoms with E-state index in [2.05, 4.69) is 47.4 Å². The smallest absolute Gasteiger partial charge is 0.0547 e. The molecule has 2 fully saturated rings. The molecule has 1 aromatic heterocycles. The summed E-state index contributed by atoms with van der Waals surface area (Å²) in [5.41, 5.74) is 2.36. The van der Waals surface area contributed by atoms with Gasteiger partial charge in [0, 0.05) is 30.4 Å². The van der Waals surface area contributed by atoms with Crippen molar-refractivity contribution in [2.45, 2.75) is 57.3 Å². The molecular formula is C15H23N3. The standard InChI is InChI=1S/C15H23N3/c1-11-4-3-5-12(17-11)10-18-14-6-7-15(18)9-13(8-14)16-2/h3-5,13-16H,6-10H2,1-2H3. The van der Waals surface area contributed by atoms with Gasteiger partial charge in [-0.2, -0.15) is 0 Å². The van der Waals surface area contributed by atoms with Crippen molar-refractivity contribution in [2.24, 2.45) is 0 Å². The summed E-state index contributed by atoms with van der Waals surface area (Å²) in [6, 6.07) is 8.62. The van der Waals surface area contributed by atoms with Crippen molar-refractivity contribution in [2.75, 3.05) is 7.05 Å². The van der Waals surface area contributed by atoms with Crippen LogP contribution in [0.15, 0.2) is 18.2 Å². The molecule has 2 aliphatic rings. The molecule has 0 saturated carbocycles. The number of aromatic nitrogens is 1. The summed E-state index contributed by atoms with van der Waals surface area (Å²) in [7, 11) is 2.10. The molecule has 3 heteroatoms. The summed E-state index contributed by atoms with van der Waals surface area (Å²) in [4.78, 5) is 7.34. The van der Waals surface area contributed by atoms with E-state index in [1.54, 1.807) is 0 Å². The van der Waals surface area contributed by atoms with Gasteiger partial charge in [0.2, 0.25) is 0 Å². The summed E-state index contributed by atoms with van der Waals surface area (Å²) >= 11 is 0. The van der Waals surface area contributed by atoms with Crippen molar-refractivity contribution in [3.05, 3.63) is 29.6 Å². The fourth-order valence-electron chi connectivity index (χ4n) is 3.64. The van der Waals surface area contributed by atoms with E-state index in [1.165, 1.54) is 31.4 Å². The molecule has 98 valence electrons. The van der Waals surface area contributed by atoms with Crippen LogP contribution in [-0.4, -0.2) is 35.1 Å². The minimum Gasteiger partial charge on any atom is -0.317 e. The van der Waals surface area contributed by atoms with E-state index in [-0.39, 0.29) is 0 Å². The predicted octanol–water partition coefficient (Wildman–Crippen LogP) is 2.10. The van der Waals surface area contributed by atoms with Gasteiger partial charge < -0.3 is 5.32 Å². The van der Waals surface area contributed by atoms with Crippen molar-refractivity contribution in [3.8, 4) is 0 Å². The third kappa shape index (κ3) is 2.29. The minimum atomic E-state index is 0.726. The van der Waals surface area contributed by atoms with Gasteiger partial charge in [-0.25, -0.2) is 0 Å². The topological polar surface area (TPSA) is 28.2 Å². The second-order valence-corrected chi connectivity index (χ2v) is 5.78. The van der Waals surface area contributed by atoms with Crippen LogP contribution in [0.1, 0.15) is 37.1 Å². The van der Waals surface area contributed by atoms with E-state index in [1.807, 2.05) is 0 Å². The van der Waals surface area contributed by atoms with Gasteiger partial charge in [-0.1, -0.05) is 6.07 Å². The number of nitrogens with zero attached hydrogens (tertiary/aromatic N) is 2. The monoisotopic (exact) mass is 245 g/mol. The first-order valence-corrected chi connectivity index (χ1v) is 7.12. The van der Waals surface area contributed by atoms with Crippen molar-refractivity contribution in [1.82, 2.24) is 15.2 Å². The third-order valence-electron chi connectivity index (χ3n) is 4.58. The molecule has 0 amide bonds. The van der Waals surface area contributed by atoms with Gasteiger partial charge in [-0.05, 0) is 51.8 Å². The van der Waals surface area contributed by atoms with E-state index in [9.17, 15) is 0 Å². The first kappa shape index (κ1) is 12.1. The van der Waals surface area contributed by atoms with Crippen molar-refractivity contribution >= 4 is 0 Å². The SMILES string of the molecule is CNC1CC2CCC(C1)N2Cc1cccc(C)n1. The zero-order valence-electron chi connectivity index (χ0n) is 11.4. The summed E-state index contributed by atoms with van der Waals surface area (Å²) in [6.07, 6.45) is 5.35. The highest BCUT2D eigenvalue weighted by Gasteiger charge is 2.40. The molecule has 3 nitrogen and oxygen atoms in total. The summed E-state index contributed by atoms with van der Waals surface area (Å²) in [5, 5.41) is 3.46. The van der Waals surface area contributed by atoms with E-state index in [0.717, 1.165) is 30.4 Å². The molecule has 1 N–H and O–H groups in total. The lowest BCUT2D eigenvalue weighted by molar-refractivity contribution is 0.110. The number of hydrogen-bond acceptors (Lipinski definition) is 3. The van der Waals surface area contributed by atoms with Crippen molar-refractivity contribution < 1.29 is 0 Å². The minimum absolute atomic E-state index is 0.726. The Morgan fingerprint density at radius 1 is 1.28 bits per heavy atom. The second-order valence-electron chi connectivity index (χ2n) is 5.78. The lowest BCUT2D eigenvalue weighted by atomic mass is 9.97. The fourth-order valence-corrected chi connectivity index (χ4v) is 3.64. The maximum absolute atomic E-state index is 4.65. The molecule has 0 aliphatic carbocycles. The normalized spacial score (nSPS) is 31.8. The van der Waals surface area contributed by atoms with Crippen molar-refractivity contribution in [1.29, 1.82) is 0 Å². The number of hydrogen-bond donors (Lipinski definition) is 1. The lowest BCUT2D eigenvalue weighted by Gasteiger charge is -2.38. The molecule has 3 heterocycles. The Morgan fingerprint density at radius 2 is 2.00 bits per heavy atom. The van der Waals surface area contributed by atoms with Crippen LogP contribution < -0.4 is 5.32 Å². The van der Waals surface area contributed by atoms with Gasteiger partial charge in [0.25, 0.3) is 0 Å². The maximum atomic E-state index is 4.65. The highest BCUT2D eigenvalue weighted by atomic mass is 15.2. The van der Waals surface area contributed by atoms with E-state index in [4.69, 9.17) is 0 Å². The first-order chi connectivity index (χ1) is 8.76. The van der Waals surface area contributed by atoms with Crippen LogP contribution in [0.4, 0.5) is 0 Å². The molecule has 3 rings (SSSR count). The van der Waals surface area contributed by atoms with Crippen LogP contribution in [-0.2, 0) is 6.54 Å². The number of fused-ring (bicyclic) bond motifs is 2. The number of rotatable bonds is 3. The van der Waals surface area contributed by atoms with E-state index >= 15 is 0 Å². The van der Waals surface area contributed by atoms with Gasteiger partial charge in [-0.3, -0.25) is 9.88 Å². The Labute approximate surface area is 110 Å². The van der Waals surface area contributed by atoms with Gasteiger partial charge in [0.15, 0.2) is 0 Å². The molecule has 1 aromatic rings. The quantitative estimate of drug-likeness (QED) is 0.884. The zero-order chi connectivity index (χ0) is 12.5. The largest absolute Gasteiger partial charge is 0.317 e. The second kappa shape index (κ2) is 4.98. The molecule has 2 saturated heterocycles. The fraction of sp³-hybridized carbons (Fsp3) is 0.667. The van der Waals surface area contributed by atoms with Crippen LogP contribution >= 0.6 is 0 Å². The van der Waals surface area contributed by atoms with Crippen LogP contribution in [0.25, 0.3) is 0 Å². The molecule has 2 atom stereocenters. The van der Waals surface area contributed by atoms with Gasteiger partial charge in [0.05, 0.1) is 5.69 Å². The summed E-state index contributed by atoms with van der Waals surface area (Å²) in [6.45, 7) is 3.11. The zero-order valence-corrected chi connectivity index (χ0v) is 11.4. The molecule has 0 radical (unpaired) electrons. The Bertz CT molecular complexity index is 404. The summed E-state index contributed by atoms with van der Waals surface area (Å²) in [5.74, 6) is 0. The number of nitrogens with one attached hydrogen (secondary N) is 1. The molecular weight excluding hydrogens is 222 g/mol.